The van der Waals surface area contributed by atoms with Crippen molar-refractivity contribution in [2.24, 2.45) is 0 Å². The Kier molecular flexibility index (Phi) is 10.3. The Hall–Kier alpha value is -4.81. The first-order valence-corrected chi connectivity index (χ1v) is 21.0. The van der Waals surface area contributed by atoms with Gasteiger partial charge >= 0.3 is 0 Å². The van der Waals surface area contributed by atoms with Gasteiger partial charge in [-0.25, -0.2) is 0 Å². The molecule has 0 spiro atoms. The van der Waals surface area contributed by atoms with Gasteiger partial charge in [-0.1, -0.05) is 127 Å². The SMILES string of the molecule is C=C/C(=C\C=C/C)c1ccc(N(C)c2ccc(-c3cccc4c3Sc3ccccc3O4)cc2)cc1.CS1(C)c2ccccc2Sc2ccccc21. The lowest BCUT2D eigenvalue weighted by Gasteiger charge is -2.38. The molecule has 0 saturated heterocycles. The molecule has 6 aromatic carbocycles. The molecule has 0 aromatic heterocycles. The van der Waals surface area contributed by atoms with Crippen molar-refractivity contribution in [3.8, 4) is 22.6 Å². The lowest BCUT2D eigenvalue weighted by atomic mass is 10.0. The third-order valence-electron chi connectivity index (χ3n) is 9.12. The molecule has 2 aliphatic rings. The zero-order chi connectivity index (χ0) is 35.4. The molecule has 0 saturated carbocycles. The molecule has 2 heterocycles. The van der Waals surface area contributed by atoms with Crippen molar-refractivity contribution in [2.75, 3.05) is 24.5 Å². The number of nitrogens with zero attached hydrogens (tertiary/aromatic N) is 1. The number of fused-ring (bicyclic) bond motifs is 4. The van der Waals surface area contributed by atoms with Crippen LogP contribution in [0.2, 0.25) is 0 Å². The van der Waals surface area contributed by atoms with E-state index >= 15 is 0 Å². The zero-order valence-corrected chi connectivity index (χ0v) is 31.8. The molecule has 0 unspecified atom stereocenters. The summed E-state index contributed by atoms with van der Waals surface area (Å²) in [5.41, 5.74) is 6.89. The molecule has 0 atom stereocenters. The van der Waals surface area contributed by atoms with E-state index in [1.54, 1.807) is 11.8 Å². The van der Waals surface area contributed by atoms with Crippen molar-refractivity contribution in [1.82, 2.24) is 0 Å². The fourth-order valence-electron chi connectivity index (χ4n) is 6.30. The summed E-state index contributed by atoms with van der Waals surface area (Å²) >= 11 is 3.68. The van der Waals surface area contributed by atoms with Crippen LogP contribution < -0.4 is 9.64 Å². The molecule has 0 amide bonds. The molecule has 0 N–H and O–H groups in total. The number of hydrogen-bond donors (Lipinski definition) is 0. The quantitative estimate of drug-likeness (QED) is 0.159. The van der Waals surface area contributed by atoms with Crippen LogP contribution in [0.15, 0.2) is 200 Å². The van der Waals surface area contributed by atoms with Crippen molar-refractivity contribution in [3.63, 3.8) is 0 Å². The summed E-state index contributed by atoms with van der Waals surface area (Å²) in [5.74, 6) is 1.83. The summed E-state index contributed by atoms with van der Waals surface area (Å²) in [4.78, 5) is 10.4. The topological polar surface area (TPSA) is 12.5 Å². The summed E-state index contributed by atoms with van der Waals surface area (Å²) in [6, 6.07) is 49.4. The molecule has 2 aliphatic heterocycles. The normalized spacial score (nSPS) is 14.4. The first kappa shape index (κ1) is 34.6. The minimum Gasteiger partial charge on any atom is -0.455 e. The summed E-state index contributed by atoms with van der Waals surface area (Å²) in [5, 5.41) is 0. The highest BCUT2D eigenvalue weighted by Gasteiger charge is 2.28. The van der Waals surface area contributed by atoms with Gasteiger partial charge in [-0.3, -0.25) is 0 Å². The van der Waals surface area contributed by atoms with Gasteiger partial charge in [-0.15, -0.1) is 0 Å². The monoisotopic (exact) mass is 719 g/mol. The van der Waals surface area contributed by atoms with Crippen LogP contribution in [-0.2, 0) is 0 Å². The molecular weight excluding hydrogens is 679 g/mol. The second kappa shape index (κ2) is 15.2. The van der Waals surface area contributed by atoms with E-state index in [0.717, 1.165) is 43.8 Å². The van der Waals surface area contributed by atoms with Crippen LogP contribution in [0.4, 0.5) is 11.4 Å². The van der Waals surface area contributed by atoms with Crippen LogP contribution in [0, 0.1) is 0 Å². The van der Waals surface area contributed by atoms with E-state index in [1.165, 1.54) is 30.7 Å². The van der Waals surface area contributed by atoms with E-state index < -0.39 is 10.0 Å². The Bertz CT molecular complexity index is 2200. The number of ether oxygens (including phenoxy) is 1. The van der Waals surface area contributed by atoms with Crippen LogP contribution in [-0.4, -0.2) is 19.6 Å². The molecule has 0 aliphatic carbocycles. The predicted molar refractivity (Wildman–Crippen MR) is 223 cm³/mol. The van der Waals surface area contributed by atoms with Crippen LogP contribution in [0.3, 0.4) is 0 Å². The third kappa shape index (κ3) is 7.20. The summed E-state index contributed by atoms with van der Waals surface area (Å²) in [6.07, 6.45) is 12.8. The zero-order valence-electron chi connectivity index (χ0n) is 29.4. The Morgan fingerprint density at radius 2 is 1.22 bits per heavy atom. The minimum atomic E-state index is -0.822. The average molecular weight is 720 g/mol. The largest absolute Gasteiger partial charge is 0.455 e. The van der Waals surface area contributed by atoms with E-state index in [1.807, 2.05) is 55.1 Å². The van der Waals surface area contributed by atoms with Gasteiger partial charge in [0, 0.05) is 38.0 Å². The third-order valence-corrected chi connectivity index (χ3v) is 14.6. The standard InChI is InChI=1S/C32H27NOS.C14H14S2/c1-4-6-10-23(5-2)24-15-19-26(20-16-24)33(3)27-21-17-25(18-22-27)28-11-9-13-30-32(28)35-31-14-8-7-12-29(31)34-30;1-16(2)13-9-5-3-7-11(13)15-12-8-4-6-10-14(12)16/h4-22H,2H2,1,3H3;3-10H,1-2H3/b6-4-,23-10+;. The van der Waals surface area contributed by atoms with Gasteiger partial charge in [-0.05, 0) is 108 Å². The number of anilines is 2. The maximum Gasteiger partial charge on any atom is 0.142 e. The highest BCUT2D eigenvalue weighted by atomic mass is 32.3. The molecule has 6 aromatic rings. The van der Waals surface area contributed by atoms with Crippen molar-refractivity contribution in [3.05, 3.63) is 176 Å². The molecule has 2 nitrogen and oxygen atoms in total. The maximum absolute atomic E-state index is 6.17. The molecule has 8 rings (SSSR count). The van der Waals surface area contributed by atoms with Gasteiger partial charge in [0.2, 0.25) is 0 Å². The van der Waals surface area contributed by atoms with Crippen molar-refractivity contribution in [2.45, 2.75) is 36.3 Å². The minimum absolute atomic E-state index is 0.822. The molecule has 5 heteroatoms. The number of para-hydroxylation sites is 1. The second-order valence-electron chi connectivity index (χ2n) is 12.6. The van der Waals surface area contributed by atoms with E-state index in [2.05, 4.69) is 158 Å². The Labute approximate surface area is 312 Å². The van der Waals surface area contributed by atoms with Gasteiger partial charge in [0.05, 0.1) is 9.79 Å². The number of benzene rings is 6. The van der Waals surface area contributed by atoms with Gasteiger partial charge in [-0.2, -0.15) is 10.0 Å². The van der Waals surface area contributed by atoms with Crippen molar-refractivity contribution >= 4 is 50.5 Å². The fourth-order valence-corrected chi connectivity index (χ4v) is 12.0. The van der Waals surface area contributed by atoms with Crippen LogP contribution >= 0.6 is 33.6 Å². The lowest BCUT2D eigenvalue weighted by Crippen LogP contribution is -2.09. The molecule has 0 fully saturated rings. The molecule has 51 heavy (non-hydrogen) atoms. The Morgan fingerprint density at radius 3 is 1.84 bits per heavy atom. The average Bonchev–Trinajstić information content (AvgIpc) is 3.17. The van der Waals surface area contributed by atoms with Crippen LogP contribution in [0.25, 0.3) is 16.7 Å². The lowest BCUT2D eigenvalue weighted by molar-refractivity contribution is 0.455. The number of hydrogen-bond acceptors (Lipinski definition) is 4. The Balaban J connectivity index is 0.000000210. The van der Waals surface area contributed by atoms with Crippen molar-refractivity contribution < 1.29 is 4.74 Å². The Morgan fingerprint density at radius 1 is 0.647 bits per heavy atom. The molecular formula is C46H41NOS3. The van der Waals surface area contributed by atoms with Gasteiger partial charge in [0.25, 0.3) is 0 Å². The predicted octanol–water partition coefficient (Wildman–Crippen LogP) is 14.2. The van der Waals surface area contributed by atoms with Crippen LogP contribution in [0.5, 0.6) is 11.5 Å². The van der Waals surface area contributed by atoms with Gasteiger partial charge in [0.1, 0.15) is 11.5 Å². The van der Waals surface area contributed by atoms with Crippen LogP contribution in [0.1, 0.15) is 12.5 Å². The number of allylic oxidation sites excluding steroid dienone is 5. The van der Waals surface area contributed by atoms with E-state index in [9.17, 15) is 0 Å². The first-order valence-electron chi connectivity index (χ1n) is 16.9. The summed E-state index contributed by atoms with van der Waals surface area (Å²) < 4.78 is 6.17. The first-order chi connectivity index (χ1) is 24.9. The smallest absolute Gasteiger partial charge is 0.142 e. The van der Waals surface area contributed by atoms with E-state index in [-0.39, 0.29) is 0 Å². The molecule has 0 bridgehead atoms. The highest BCUT2D eigenvalue weighted by Crippen LogP contribution is 2.65. The van der Waals surface area contributed by atoms with Gasteiger partial charge < -0.3 is 9.64 Å². The number of rotatable bonds is 6. The maximum atomic E-state index is 6.17. The van der Waals surface area contributed by atoms with Gasteiger partial charge in [0.15, 0.2) is 0 Å². The highest BCUT2D eigenvalue weighted by molar-refractivity contribution is 8.33. The summed E-state index contributed by atoms with van der Waals surface area (Å²) in [7, 11) is 1.27. The molecule has 0 radical (unpaired) electrons. The second-order valence-corrected chi connectivity index (χ2v) is 18.3. The van der Waals surface area contributed by atoms with E-state index in [4.69, 9.17) is 4.74 Å². The van der Waals surface area contributed by atoms with E-state index in [0.29, 0.717) is 0 Å². The van der Waals surface area contributed by atoms with Crippen molar-refractivity contribution in [1.29, 1.82) is 0 Å². The summed E-state index contributed by atoms with van der Waals surface area (Å²) in [6.45, 7) is 5.96. The molecule has 254 valence electrons. The fraction of sp³-hybridized carbons (Fsp3) is 0.0870.